The van der Waals surface area contributed by atoms with Gasteiger partial charge < -0.3 is 10.5 Å². The van der Waals surface area contributed by atoms with Gasteiger partial charge in [-0.15, -0.1) is 0 Å². The van der Waals surface area contributed by atoms with Crippen LogP contribution in [0.4, 0.5) is 0 Å². The summed E-state index contributed by atoms with van der Waals surface area (Å²) >= 11 is 6.22. The van der Waals surface area contributed by atoms with Crippen LogP contribution in [0.2, 0.25) is 5.15 Å². The fourth-order valence-corrected chi connectivity index (χ4v) is 2.24. The molecule has 1 aromatic carbocycles. The predicted molar refractivity (Wildman–Crippen MR) is 81.6 cm³/mol. The van der Waals surface area contributed by atoms with Crippen LogP contribution in [0.25, 0.3) is 0 Å². The number of hydrogen-bond acceptors (Lipinski definition) is 4. The Hall–Kier alpha value is -2.34. The highest BCUT2D eigenvalue weighted by Gasteiger charge is 2.24. The number of carbonyl (C=O) groups excluding carboxylic acids is 2. The standard InChI is InChI=1S/C15H16ClN3O3/c1-9-12(15(21)22-10(2)14(17)20)13(16)19(18-9)8-11-6-4-3-5-7-11/h3-7,10H,8H2,1-2H3,(H2,17,20)/t10-/m1/s1. The Morgan fingerprint density at radius 3 is 2.59 bits per heavy atom. The summed E-state index contributed by atoms with van der Waals surface area (Å²) in [7, 11) is 0. The molecule has 0 bridgehead atoms. The third-order valence-corrected chi connectivity index (χ3v) is 3.51. The SMILES string of the molecule is Cc1nn(Cc2ccccc2)c(Cl)c1C(=O)O[C@H](C)C(N)=O. The van der Waals surface area contributed by atoms with Crippen molar-refractivity contribution in [3.63, 3.8) is 0 Å². The van der Waals surface area contributed by atoms with Gasteiger partial charge in [-0.3, -0.25) is 4.79 Å². The van der Waals surface area contributed by atoms with Crippen molar-refractivity contribution >= 4 is 23.5 Å². The van der Waals surface area contributed by atoms with Crippen LogP contribution in [0.3, 0.4) is 0 Å². The topological polar surface area (TPSA) is 87.2 Å². The number of aromatic nitrogens is 2. The Bertz CT molecular complexity index is 698. The second-order valence-electron chi connectivity index (χ2n) is 4.84. The third kappa shape index (κ3) is 3.46. The average Bonchev–Trinajstić information content (AvgIpc) is 2.74. The van der Waals surface area contributed by atoms with Crippen LogP contribution >= 0.6 is 11.6 Å². The van der Waals surface area contributed by atoms with Crippen LogP contribution in [0, 0.1) is 6.92 Å². The minimum absolute atomic E-state index is 0.144. The highest BCUT2D eigenvalue weighted by atomic mass is 35.5. The summed E-state index contributed by atoms with van der Waals surface area (Å²) in [6, 6.07) is 9.58. The molecule has 0 unspecified atom stereocenters. The van der Waals surface area contributed by atoms with Gasteiger partial charge in [-0.2, -0.15) is 5.10 Å². The van der Waals surface area contributed by atoms with E-state index in [0.29, 0.717) is 12.2 Å². The molecule has 0 aliphatic rings. The first-order chi connectivity index (χ1) is 10.4. The number of hydrogen-bond donors (Lipinski definition) is 1. The van der Waals surface area contributed by atoms with Crippen molar-refractivity contribution in [3.8, 4) is 0 Å². The molecule has 1 atom stereocenters. The number of rotatable bonds is 5. The fraction of sp³-hybridized carbons (Fsp3) is 0.267. The zero-order valence-corrected chi connectivity index (χ0v) is 13.0. The molecule has 1 amide bonds. The first-order valence-corrected chi connectivity index (χ1v) is 7.05. The van der Waals surface area contributed by atoms with E-state index in [4.69, 9.17) is 22.1 Å². The summed E-state index contributed by atoms with van der Waals surface area (Å²) in [6.45, 7) is 3.48. The van der Waals surface area contributed by atoms with Crippen LogP contribution in [0.15, 0.2) is 30.3 Å². The van der Waals surface area contributed by atoms with E-state index in [-0.39, 0.29) is 10.7 Å². The quantitative estimate of drug-likeness (QED) is 0.852. The lowest BCUT2D eigenvalue weighted by Gasteiger charge is -2.09. The van der Waals surface area contributed by atoms with Crippen molar-refractivity contribution in [1.82, 2.24) is 9.78 Å². The summed E-state index contributed by atoms with van der Waals surface area (Å²) in [5.74, 6) is -1.44. The maximum Gasteiger partial charge on any atom is 0.343 e. The van der Waals surface area contributed by atoms with Crippen molar-refractivity contribution in [2.45, 2.75) is 26.5 Å². The van der Waals surface area contributed by atoms with E-state index in [2.05, 4.69) is 5.10 Å². The molecule has 0 saturated heterocycles. The van der Waals surface area contributed by atoms with Crippen LogP contribution in [-0.4, -0.2) is 27.8 Å². The van der Waals surface area contributed by atoms with Crippen LogP contribution < -0.4 is 5.73 Å². The van der Waals surface area contributed by atoms with Crippen molar-refractivity contribution in [2.75, 3.05) is 0 Å². The lowest BCUT2D eigenvalue weighted by Crippen LogP contribution is -2.30. The first-order valence-electron chi connectivity index (χ1n) is 6.67. The molecule has 0 aliphatic heterocycles. The van der Waals surface area contributed by atoms with Gasteiger partial charge in [0, 0.05) is 0 Å². The zero-order chi connectivity index (χ0) is 16.3. The maximum absolute atomic E-state index is 12.1. The van der Waals surface area contributed by atoms with Gasteiger partial charge in [0.15, 0.2) is 6.10 Å². The Morgan fingerprint density at radius 1 is 1.36 bits per heavy atom. The second-order valence-corrected chi connectivity index (χ2v) is 5.20. The maximum atomic E-state index is 12.1. The second kappa shape index (κ2) is 6.62. The number of nitrogens with two attached hydrogens (primary N) is 1. The molecule has 6 nitrogen and oxygen atoms in total. The number of carbonyl (C=O) groups is 2. The normalized spacial score (nSPS) is 12.0. The largest absolute Gasteiger partial charge is 0.449 e. The minimum atomic E-state index is -1.03. The molecule has 1 aromatic heterocycles. The number of nitrogens with zero attached hydrogens (tertiary/aromatic N) is 2. The summed E-state index contributed by atoms with van der Waals surface area (Å²) in [5, 5.41) is 4.42. The molecule has 2 aromatic rings. The van der Waals surface area contributed by atoms with Crippen molar-refractivity contribution in [2.24, 2.45) is 5.73 Å². The van der Waals surface area contributed by atoms with Gasteiger partial charge >= 0.3 is 5.97 Å². The van der Waals surface area contributed by atoms with E-state index >= 15 is 0 Å². The summed E-state index contributed by atoms with van der Waals surface area (Å²) in [4.78, 5) is 23.1. The Labute approximate surface area is 132 Å². The van der Waals surface area contributed by atoms with Gasteiger partial charge in [0.05, 0.1) is 12.2 Å². The van der Waals surface area contributed by atoms with E-state index in [1.165, 1.54) is 11.6 Å². The molecule has 22 heavy (non-hydrogen) atoms. The molecule has 0 spiro atoms. The van der Waals surface area contributed by atoms with Gasteiger partial charge in [-0.1, -0.05) is 41.9 Å². The Morgan fingerprint density at radius 2 is 2.00 bits per heavy atom. The van der Waals surface area contributed by atoms with Crippen molar-refractivity contribution in [1.29, 1.82) is 0 Å². The lowest BCUT2D eigenvalue weighted by molar-refractivity contribution is -0.125. The zero-order valence-electron chi connectivity index (χ0n) is 12.2. The average molecular weight is 322 g/mol. The number of aryl methyl sites for hydroxylation is 1. The number of amides is 1. The van der Waals surface area contributed by atoms with E-state index < -0.39 is 18.0 Å². The number of halogens is 1. The monoisotopic (exact) mass is 321 g/mol. The molecular formula is C15H16ClN3O3. The highest BCUT2D eigenvalue weighted by molar-refractivity contribution is 6.32. The van der Waals surface area contributed by atoms with Gasteiger partial charge in [-0.25, -0.2) is 9.48 Å². The van der Waals surface area contributed by atoms with E-state index in [1.54, 1.807) is 6.92 Å². The molecule has 7 heteroatoms. The van der Waals surface area contributed by atoms with Gasteiger partial charge in [0.25, 0.3) is 5.91 Å². The summed E-state index contributed by atoms with van der Waals surface area (Å²) < 4.78 is 6.48. The Kier molecular flexibility index (Phi) is 4.82. The lowest BCUT2D eigenvalue weighted by atomic mass is 10.2. The molecule has 0 radical (unpaired) electrons. The van der Waals surface area contributed by atoms with Gasteiger partial charge in [0.2, 0.25) is 0 Å². The fourth-order valence-electron chi connectivity index (χ4n) is 1.92. The smallest absolute Gasteiger partial charge is 0.343 e. The van der Waals surface area contributed by atoms with Gasteiger partial charge in [0.1, 0.15) is 10.7 Å². The molecule has 0 aliphatic carbocycles. The summed E-state index contributed by atoms with van der Waals surface area (Å²) in [6.07, 6.45) is -1.03. The van der Waals surface area contributed by atoms with E-state index in [1.807, 2.05) is 30.3 Å². The van der Waals surface area contributed by atoms with Gasteiger partial charge in [-0.05, 0) is 19.4 Å². The van der Waals surface area contributed by atoms with Crippen LogP contribution in [-0.2, 0) is 16.1 Å². The molecular weight excluding hydrogens is 306 g/mol. The van der Waals surface area contributed by atoms with E-state index in [9.17, 15) is 9.59 Å². The predicted octanol–water partition coefficient (Wildman–Crippen LogP) is 1.92. The first kappa shape index (κ1) is 16.0. The Balaban J connectivity index is 2.23. The number of primary amides is 1. The molecule has 0 fully saturated rings. The van der Waals surface area contributed by atoms with E-state index in [0.717, 1.165) is 5.56 Å². The molecule has 0 saturated carbocycles. The highest BCUT2D eigenvalue weighted by Crippen LogP contribution is 2.22. The molecule has 2 N–H and O–H groups in total. The molecule has 1 heterocycles. The van der Waals surface area contributed by atoms with Crippen LogP contribution in [0.1, 0.15) is 28.5 Å². The van der Waals surface area contributed by atoms with Crippen molar-refractivity contribution < 1.29 is 14.3 Å². The van der Waals surface area contributed by atoms with Crippen molar-refractivity contribution in [3.05, 3.63) is 52.3 Å². The summed E-state index contributed by atoms with van der Waals surface area (Å²) in [5.41, 5.74) is 6.65. The molecule has 2 rings (SSSR count). The number of ether oxygens (including phenoxy) is 1. The number of esters is 1. The molecule has 116 valence electrons. The minimum Gasteiger partial charge on any atom is -0.449 e. The third-order valence-electron chi connectivity index (χ3n) is 3.13. The van der Waals surface area contributed by atoms with Crippen LogP contribution in [0.5, 0.6) is 0 Å². The number of benzene rings is 1.